The second-order valence-corrected chi connectivity index (χ2v) is 8.48. The number of alkyl carbamates (subject to hydrolysis) is 1. The van der Waals surface area contributed by atoms with Crippen LogP contribution in [0.4, 0.5) is 10.5 Å². The summed E-state index contributed by atoms with van der Waals surface area (Å²) < 4.78 is 32.3. The van der Waals surface area contributed by atoms with Crippen molar-refractivity contribution in [1.29, 1.82) is 0 Å². The van der Waals surface area contributed by atoms with Crippen molar-refractivity contribution in [1.82, 2.24) is 10.0 Å². The molecule has 0 saturated heterocycles. The van der Waals surface area contributed by atoms with E-state index in [9.17, 15) is 13.2 Å². The first-order valence-electron chi connectivity index (χ1n) is 7.03. The van der Waals surface area contributed by atoms with Gasteiger partial charge in [-0.3, -0.25) is 0 Å². The van der Waals surface area contributed by atoms with Crippen LogP contribution in [0.15, 0.2) is 27.6 Å². The zero-order chi connectivity index (χ0) is 17.7. The molecule has 0 bridgehead atoms. The number of halogens is 1. The predicted molar refractivity (Wildman–Crippen MR) is 92.6 cm³/mol. The summed E-state index contributed by atoms with van der Waals surface area (Å²) >= 11 is 3.21. The normalized spacial score (nSPS) is 12.0. The molecule has 0 spiro atoms. The monoisotopic (exact) mass is 407 g/mol. The lowest BCUT2D eigenvalue weighted by atomic mass is 10.2. The van der Waals surface area contributed by atoms with Crippen molar-refractivity contribution in [3.63, 3.8) is 0 Å². The van der Waals surface area contributed by atoms with Gasteiger partial charge in [0.1, 0.15) is 5.60 Å². The Morgan fingerprint density at radius 2 is 1.96 bits per heavy atom. The number of ether oxygens (including phenoxy) is 1. The fraction of sp³-hybridized carbons (Fsp3) is 0.500. The van der Waals surface area contributed by atoms with Gasteiger partial charge in [0.15, 0.2) is 0 Å². The van der Waals surface area contributed by atoms with Crippen LogP contribution >= 0.6 is 15.9 Å². The van der Waals surface area contributed by atoms with Crippen molar-refractivity contribution in [2.24, 2.45) is 0 Å². The number of benzene rings is 1. The first-order chi connectivity index (χ1) is 10.5. The molecule has 9 heteroatoms. The first-order valence-corrected chi connectivity index (χ1v) is 9.30. The number of hydrogen-bond donors (Lipinski definition) is 3. The maximum atomic E-state index is 12.1. The molecule has 1 aromatic rings. The highest BCUT2D eigenvalue weighted by Crippen LogP contribution is 2.22. The molecule has 0 saturated carbocycles. The lowest BCUT2D eigenvalue weighted by Gasteiger charge is -2.19. The van der Waals surface area contributed by atoms with Crippen LogP contribution < -0.4 is 15.8 Å². The van der Waals surface area contributed by atoms with Crippen LogP contribution in [-0.4, -0.2) is 33.2 Å². The van der Waals surface area contributed by atoms with Crippen LogP contribution in [0.5, 0.6) is 0 Å². The standard InChI is InChI=1S/C14H22BrN3O4S/c1-14(2,3)22-13(19)17-7-4-8-18-23(20,21)10-5-6-11(15)12(16)9-10/h5-6,9,18H,4,7-8,16H2,1-3H3,(H,17,19). The van der Waals surface area contributed by atoms with Gasteiger partial charge in [-0.15, -0.1) is 0 Å². The molecule has 0 aromatic heterocycles. The largest absolute Gasteiger partial charge is 0.444 e. The number of sulfonamides is 1. The second-order valence-electron chi connectivity index (χ2n) is 5.86. The van der Waals surface area contributed by atoms with Gasteiger partial charge < -0.3 is 15.8 Å². The number of amides is 1. The first kappa shape index (κ1) is 19.7. The van der Waals surface area contributed by atoms with Gasteiger partial charge in [0.2, 0.25) is 10.0 Å². The van der Waals surface area contributed by atoms with Gasteiger partial charge in [-0.25, -0.2) is 17.9 Å². The Balaban J connectivity index is 2.40. The average molecular weight is 408 g/mol. The van der Waals surface area contributed by atoms with Crippen LogP contribution in [0.25, 0.3) is 0 Å². The number of nitrogen functional groups attached to an aromatic ring is 1. The van der Waals surface area contributed by atoms with Crippen molar-refractivity contribution in [3.8, 4) is 0 Å². The third-order valence-electron chi connectivity index (χ3n) is 2.59. The molecule has 1 amide bonds. The number of rotatable bonds is 6. The molecule has 0 atom stereocenters. The van der Waals surface area contributed by atoms with E-state index in [1.807, 2.05) is 0 Å². The molecule has 1 rings (SSSR count). The van der Waals surface area contributed by atoms with Gasteiger partial charge in [-0.2, -0.15) is 0 Å². The summed E-state index contributed by atoms with van der Waals surface area (Å²) in [5.41, 5.74) is 5.46. The van der Waals surface area contributed by atoms with Crippen LogP contribution in [0.1, 0.15) is 27.2 Å². The molecule has 1 aromatic carbocycles. The number of hydrogen-bond acceptors (Lipinski definition) is 5. The molecule has 0 fully saturated rings. The Hall–Kier alpha value is -1.32. The minimum atomic E-state index is -3.62. The lowest BCUT2D eigenvalue weighted by molar-refractivity contribution is 0.0527. The van der Waals surface area contributed by atoms with Crippen LogP contribution in [0, 0.1) is 0 Å². The Bertz CT molecular complexity index is 656. The maximum Gasteiger partial charge on any atom is 0.407 e. The van der Waals surface area contributed by atoms with Crippen LogP contribution in [0.3, 0.4) is 0 Å². The van der Waals surface area contributed by atoms with E-state index in [1.54, 1.807) is 26.8 Å². The molecule has 0 aliphatic rings. The van der Waals surface area contributed by atoms with E-state index in [0.29, 0.717) is 23.1 Å². The number of nitrogens with one attached hydrogen (secondary N) is 2. The highest BCUT2D eigenvalue weighted by molar-refractivity contribution is 9.10. The van der Waals surface area contributed by atoms with Crippen molar-refractivity contribution in [3.05, 3.63) is 22.7 Å². The summed E-state index contributed by atoms with van der Waals surface area (Å²) in [7, 11) is -3.62. The fourth-order valence-corrected chi connectivity index (χ4v) is 2.93. The molecule has 0 aliphatic carbocycles. The van der Waals surface area contributed by atoms with E-state index in [0.717, 1.165) is 0 Å². The van der Waals surface area contributed by atoms with Crippen LogP contribution in [-0.2, 0) is 14.8 Å². The number of nitrogens with two attached hydrogens (primary N) is 1. The molecular weight excluding hydrogens is 386 g/mol. The Kier molecular flexibility index (Phi) is 6.84. The topological polar surface area (TPSA) is 111 Å². The minimum Gasteiger partial charge on any atom is -0.444 e. The van der Waals surface area contributed by atoms with E-state index >= 15 is 0 Å². The Morgan fingerprint density at radius 1 is 1.30 bits per heavy atom. The number of anilines is 1. The van der Waals surface area contributed by atoms with Gasteiger partial charge in [0, 0.05) is 23.2 Å². The summed E-state index contributed by atoms with van der Waals surface area (Å²) in [6.07, 6.45) is -0.0918. The number of carbonyl (C=O) groups excluding carboxylic acids is 1. The van der Waals surface area contributed by atoms with E-state index in [2.05, 4.69) is 26.0 Å². The maximum absolute atomic E-state index is 12.1. The molecule has 7 nitrogen and oxygen atoms in total. The van der Waals surface area contributed by atoms with E-state index in [-0.39, 0.29) is 11.4 Å². The van der Waals surface area contributed by atoms with Crippen molar-refractivity contribution in [2.75, 3.05) is 18.8 Å². The van der Waals surface area contributed by atoms with Gasteiger partial charge in [-0.05, 0) is 61.3 Å². The highest BCUT2D eigenvalue weighted by Gasteiger charge is 2.16. The SMILES string of the molecule is CC(C)(C)OC(=O)NCCCNS(=O)(=O)c1ccc(Br)c(N)c1. The molecule has 23 heavy (non-hydrogen) atoms. The highest BCUT2D eigenvalue weighted by atomic mass is 79.9. The van der Waals surface area contributed by atoms with Crippen molar-refractivity contribution < 1.29 is 17.9 Å². The van der Waals surface area contributed by atoms with E-state index in [4.69, 9.17) is 10.5 Å². The summed E-state index contributed by atoms with van der Waals surface area (Å²) in [5.74, 6) is 0. The molecule has 0 aliphatic heterocycles. The summed E-state index contributed by atoms with van der Waals surface area (Å²) in [4.78, 5) is 11.5. The Labute approximate surface area is 145 Å². The molecule has 0 heterocycles. The van der Waals surface area contributed by atoms with Gasteiger partial charge in [0.05, 0.1) is 4.90 Å². The summed E-state index contributed by atoms with van der Waals surface area (Å²) in [6, 6.07) is 4.42. The molecule has 130 valence electrons. The van der Waals surface area contributed by atoms with E-state index in [1.165, 1.54) is 12.1 Å². The zero-order valence-corrected chi connectivity index (χ0v) is 15.8. The van der Waals surface area contributed by atoms with Gasteiger partial charge in [0.25, 0.3) is 0 Å². The second kappa shape index (κ2) is 7.98. The van der Waals surface area contributed by atoms with Crippen molar-refractivity contribution in [2.45, 2.75) is 37.7 Å². The average Bonchev–Trinajstić information content (AvgIpc) is 2.39. The third kappa shape index (κ3) is 7.19. The van der Waals surface area contributed by atoms with Gasteiger partial charge >= 0.3 is 6.09 Å². The van der Waals surface area contributed by atoms with Crippen molar-refractivity contribution >= 4 is 37.7 Å². The molecule has 0 unspecified atom stereocenters. The zero-order valence-electron chi connectivity index (χ0n) is 13.3. The molecular formula is C14H22BrN3O4S. The lowest BCUT2D eigenvalue weighted by Crippen LogP contribution is -2.34. The summed E-state index contributed by atoms with van der Waals surface area (Å²) in [6.45, 7) is 5.80. The Morgan fingerprint density at radius 3 is 2.52 bits per heavy atom. The van der Waals surface area contributed by atoms with E-state index < -0.39 is 21.7 Å². The predicted octanol–water partition coefficient (Wildman–Crippen LogP) is 2.22. The summed E-state index contributed by atoms with van der Waals surface area (Å²) in [5, 5.41) is 2.56. The third-order valence-corrected chi connectivity index (χ3v) is 4.77. The van der Waals surface area contributed by atoms with Gasteiger partial charge in [-0.1, -0.05) is 0 Å². The number of carbonyl (C=O) groups is 1. The molecule has 4 N–H and O–H groups in total. The smallest absolute Gasteiger partial charge is 0.407 e. The van der Waals surface area contributed by atoms with Crippen LogP contribution in [0.2, 0.25) is 0 Å². The quantitative estimate of drug-likeness (QED) is 0.494. The molecule has 0 radical (unpaired) electrons. The minimum absolute atomic E-state index is 0.0956. The fourth-order valence-electron chi connectivity index (χ4n) is 1.57.